The van der Waals surface area contributed by atoms with Crippen LogP contribution in [0.15, 0.2) is 30.3 Å². The third-order valence-corrected chi connectivity index (χ3v) is 2.79. The maximum atomic E-state index is 9.55. The molecule has 82 valence electrons. The van der Waals surface area contributed by atoms with Gasteiger partial charge >= 0.3 is 0 Å². The van der Waals surface area contributed by atoms with Crippen molar-refractivity contribution in [2.24, 2.45) is 0 Å². The fourth-order valence-electron chi connectivity index (χ4n) is 1.99. The summed E-state index contributed by atoms with van der Waals surface area (Å²) < 4.78 is 5.53. The van der Waals surface area contributed by atoms with E-state index in [4.69, 9.17) is 9.84 Å². The van der Waals surface area contributed by atoms with Crippen molar-refractivity contribution >= 4 is 0 Å². The number of hydrogen-bond donors (Lipinski definition) is 2. The molecule has 0 bridgehead atoms. The molecule has 0 saturated carbocycles. The first-order chi connectivity index (χ1) is 7.29. The molecule has 1 aliphatic rings. The van der Waals surface area contributed by atoms with Gasteiger partial charge in [0, 0.05) is 6.42 Å². The summed E-state index contributed by atoms with van der Waals surface area (Å²) in [4.78, 5) is 0. The highest BCUT2D eigenvalue weighted by Crippen LogP contribution is 2.23. The van der Waals surface area contributed by atoms with Gasteiger partial charge in [0.05, 0.1) is 18.8 Å². The molecule has 0 aromatic heterocycles. The predicted molar refractivity (Wildman–Crippen MR) is 56.5 cm³/mol. The van der Waals surface area contributed by atoms with Crippen LogP contribution in [-0.2, 0) is 11.2 Å². The highest BCUT2D eigenvalue weighted by Gasteiger charge is 2.33. The Morgan fingerprint density at radius 3 is 2.60 bits per heavy atom. The molecule has 1 fully saturated rings. The van der Waals surface area contributed by atoms with Crippen molar-refractivity contribution in [3.63, 3.8) is 0 Å². The van der Waals surface area contributed by atoms with E-state index < -0.39 is 12.2 Å². The van der Waals surface area contributed by atoms with E-state index in [1.165, 1.54) is 5.56 Å². The molecule has 1 heterocycles. The van der Waals surface area contributed by atoms with E-state index in [2.05, 4.69) is 0 Å². The fourth-order valence-corrected chi connectivity index (χ4v) is 1.99. The largest absolute Gasteiger partial charge is 0.394 e. The molecule has 0 radical (unpaired) electrons. The molecule has 3 atom stereocenters. The Morgan fingerprint density at radius 1 is 1.27 bits per heavy atom. The lowest BCUT2D eigenvalue weighted by Gasteiger charge is -2.11. The van der Waals surface area contributed by atoms with E-state index in [9.17, 15) is 5.11 Å². The van der Waals surface area contributed by atoms with E-state index >= 15 is 0 Å². The predicted octanol–water partition coefficient (Wildman–Crippen LogP) is 0.740. The molecule has 3 nitrogen and oxygen atoms in total. The molecule has 1 saturated heterocycles. The zero-order valence-corrected chi connectivity index (χ0v) is 8.54. The monoisotopic (exact) mass is 208 g/mol. The number of benzene rings is 1. The smallest absolute Gasteiger partial charge is 0.107 e. The van der Waals surface area contributed by atoms with Crippen LogP contribution in [-0.4, -0.2) is 35.1 Å². The average Bonchev–Trinajstić information content (AvgIpc) is 2.60. The Bertz CT molecular complexity index is 299. The van der Waals surface area contributed by atoms with Crippen LogP contribution in [0.25, 0.3) is 0 Å². The van der Waals surface area contributed by atoms with Crippen molar-refractivity contribution < 1.29 is 14.9 Å². The van der Waals surface area contributed by atoms with Gasteiger partial charge in [0.15, 0.2) is 0 Å². The second-order valence-corrected chi connectivity index (χ2v) is 3.97. The highest BCUT2D eigenvalue weighted by molar-refractivity contribution is 5.15. The number of aliphatic hydroxyl groups is 2. The maximum absolute atomic E-state index is 9.55. The van der Waals surface area contributed by atoms with Gasteiger partial charge < -0.3 is 14.9 Å². The lowest BCUT2D eigenvalue weighted by Crippen LogP contribution is -2.24. The SMILES string of the molecule is OC[C@H]1O[C@@H](Cc2ccccc2)C[C@@H]1O. The van der Waals surface area contributed by atoms with Gasteiger partial charge in [-0.1, -0.05) is 30.3 Å². The Morgan fingerprint density at radius 2 is 2.00 bits per heavy atom. The van der Waals surface area contributed by atoms with Gasteiger partial charge in [-0.2, -0.15) is 0 Å². The molecule has 2 rings (SSSR count). The molecular formula is C12H16O3. The van der Waals surface area contributed by atoms with Crippen molar-refractivity contribution in [3.8, 4) is 0 Å². The van der Waals surface area contributed by atoms with E-state index in [-0.39, 0.29) is 12.7 Å². The van der Waals surface area contributed by atoms with Crippen LogP contribution in [0.2, 0.25) is 0 Å². The molecule has 1 aliphatic heterocycles. The first kappa shape index (κ1) is 10.6. The van der Waals surface area contributed by atoms with Crippen molar-refractivity contribution in [2.45, 2.75) is 31.2 Å². The number of ether oxygens (including phenoxy) is 1. The van der Waals surface area contributed by atoms with Gasteiger partial charge in [-0.05, 0) is 12.0 Å². The molecular weight excluding hydrogens is 192 g/mol. The van der Waals surface area contributed by atoms with Crippen molar-refractivity contribution in [3.05, 3.63) is 35.9 Å². The molecule has 15 heavy (non-hydrogen) atoms. The van der Waals surface area contributed by atoms with Crippen molar-refractivity contribution in [1.82, 2.24) is 0 Å². The van der Waals surface area contributed by atoms with Gasteiger partial charge in [-0.25, -0.2) is 0 Å². The van der Waals surface area contributed by atoms with E-state index in [1.807, 2.05) is 30.3 Å². The minimum absolute atomic E-state index is 0.0274. The summed E-state index contributed by atoms with van der Waals surface area (Å²) >= 11 is 0. The number of hydrogen-bond acceptors (Lipinski definition) is 3. The Hall–Kier alpha value is -0.900. The summed E-state index contributed by atoms with van der Waals surface area (Å²) in [6.45, 7) is -0.105. The van der Waals surface area contributed by atoms with Gasteiger partial charge in [0.25, 0.3) is 0 Å². The first-order valence-electron chi connectivity index (χ1n) is 5.28. The quantitative estimate of drug-likeness (QED) is 0.770. The summed E-state index contributed by atoms with van der Waals surface area (Å²) in [5.41, 5.74) is 1.20. The van der Waals surface area contributed by atoms with Crippen LogP contribution in [0, 0.1) is 0 Å². The summed E-state index contributed by atoms with van der Waals surface area (Å²) in [5.74, 6) is 0. The van der Waals surface area contributed by atoms with E-state index in [0.717, 1.165) is 6.42 Å². The Balaban J connectivity index is 1.92. The normalized spacial score (nSPS) is 30.7. The second kappa shape index (κ2) is 4.75. The minimum atomic E-state index is -0.524. The maximum Gasteiger partial charge on any atom is 0.107 e. The summed E-state index contributed by atoms with van der Waals surface area (Å²) in [6, 6.07) is 10.0. The van der Waals surface area contributed by atoms with Crippen molar-refractivity contribution in [1.29, 1.82) is 0 Å². The van der Waals surface area contributed by atoms with Crippen LogP contribution in [0.4, 0.5) is 0 Å². The summed E-state index contributed by atoms with van der Waals surface area (Å²) in [6.07, 6.45) is 0.510. The fraction of sp³-hybridized carbons (Fsp3) is 0.500. The first-order valence-corrected chi connectivity index (χ1v) is 5.28. The standard InChI is InChI=1S/C12H16O3/c13-8-12-11(14)7-10(15-12)6-9-4-2-1-3-5-9/h1-5,10-14H,6-8H2/t10-,11-,12+/m0/s1. The third-order valence-electron chi connectivity index (χ3n) is 2.79. The lowest BCUT2D eigenvalue weighted by molar-refractivity contribution is -0.0214. The average molecular weight is 208 g/mol. The van der Waals surface area contributed by atoms with Crippen molar-refractivity contribution in [2.75, 3.05) is 6.61 Å². The number of rotatable bonds is 3. The lowest BCUT2D eigenvalue weighted by atomic mass is 10.0. The van der Waals surface area contributed by atoms with Gasteiger partial charge in [0.1, 0.15) is 6.10 Å². The molecule has 2 N–H and O–H groups in total. The van der Waals surface area contributed by atoms with Gasteiger partial charge in [-0.3, -0.25) is 0 Å². The van der Waals surface area contributed by atoms with Crippen LogP contribution >= 0.6 is 0 Å². The minimum Gasteiger partial charge on any atom is -0.394 e. The third kappa shape index (κ3) is 2.56. The zero-order chi connectivity index (χ0) is 10.7. The summed E-state index contributed by atoms with van der Waals surface area (Å²) in [7, 11) is 0. The van der Waals surface area contributed by atoms with Gasteiger partial charge in [-0.15, -0.1) is 0 Å². The highest BCUT2D eigenvalue weighted by atomic mass is 16.5. The molecule has 1 aromatic carbocycles. The Kier molecular flexibility index (Phi) is 3.36. The molecule has 0 aliphatic carbocycles. The van der Waals surface area contributed by atoms with Crippen LogP contribution in [0.5, 0.6) is 0 Å². The summed E-state index contributed by atoms with van der Waals surface area (Å²) in [5, 5.41) is 18.5. The molecule has 0 unspecified atom stereocenters. The Labute approximate surface area is 89.3 Å². The zero-order valence-electron chi connectivity index (χ0n) is 8.54. The molecule has 0 spiro atoms. The van der Waals surface area contributed by atoms with Crippen LogP contribution in [0.3, 0.4) is 0 Å². The molecule has 3 heteroatoms. The van der Waals surface area contributed by atoms with Crippen LogP contribution < -0.4 is 0 Å². The van der Waals surface area contributed by atoms with E-state index in [0.29, 0.717) is 6.42 Å². The molecule has 1 aromatic rings. The number of aliphatic hydroxyl groups excluding tert-OH is 2. The van der Waals surface area contributed by atoms with Crippen LogP contribution in [0.1, 0.15) is 12.0 Å². The van der Waals surface area contributed by atoms with Gasteiger partial charge in [0.2, 0.25) is 0 Å². The van der Waals surface area contributed by atoms with E-state index in [1.54, 1.807) is 0 Å². The molecule has 0 amide bonds. The second-order valence-electron chi connectivity index (χ2n) is 3.97. The topological polar surface area (TPSA) is 49.7 Å².